The molecule has 5 aromatic rings. The molecular weight excluding hydrogens is 658 g/mol. The molecule has 5 rings (SSSR count). The van der Waals surface area contributed by atoms with E-state index in [9.17, 15) is 23.4 Å². The summed E-state index contributed by atoms with van der Waals surface area (Å²) in [5.41, 5.74) is 16.1. The number of hydrogen-bond donors (Lipinski definition) is 3. The van der Waals surface area contributed by atoms with Gasteiger partial charge in [-0.15, -0.1) is 10.2 Å². The van der Waals surface area contributed by atoms with Crippen molar-refractivity contribution in [3.8, 4) is 16.9 Å². The van der Waals surface area contributed by atoms with Gasteiger partial charge >= 0.3 is 59.1 Å². The van der Waals surface area contributed by atoms with Crippen molar-refractivity contribution in [1.29, 1.82) is 0 Å². The van der Waals surface area contributed by atoms with Gasteiger partial charge in [0.25, 0.3) is 10.1 Å². The van der Waals surface area contributed by atoms with Gasteiger partial charge in [-0.05, 0) is 89.5 Å². The molecule has 0 spiro atoms. The number of aromatic carboxylic acids is 1. The van der Waals surface area contributed by atoms with Crippen LogP contribution in [0.25, 0.3) is 11.1 Å². The molecule has 5 aromatic carbocycles. The second kappa shape index (κ2) is 16.7. The molecule has 0 bridgehead atoms. The Balaban J connectivity index is 0.00000312. The van der Waals surface area contributed by atoms with E-state index in [0.29, 0.717) is 22.7 Å². The standard InChI is InChI=1S/C31H24N8O6S.2Na/c32-26-16-27(33)29(39-36-22-9-12-24(13-10-22)46(43,44)45)17-28(26)38-35-21-7-3-19(4-8-21)18-1-5-20(6-2-18)34-37-23-11-14-30(40)25(15-23)31(41)42;;/h1-17,40H,32-33H2,(H,41,42)(H,43,44,45);;/q;2*+1/p-2. The van der Waals surface area contributed by atoms with Crippen molar-refractivity contribution in [3.05, 3.63) is 109 Å². The Morgan fingerprint density at radius 3 is 1.42 bits per heavy atom. The molecule has 48 heavy (non-hydrogen) atoms. The molecule has 0 heterocycles. The largest absolute Gasteiger partial charge is 1.00 e. The summed E-state index contributed by atoms with van der Waals surface area (Å²) in [6.07, 6.45) is 0. The molecule has 14 nitrogen and oxygen atoms in total. The molecule has 0 unspecified atom stereocenters. The molecule has 0 saturated heterocycles. The molecule has 0 amide bonds. The fourth-order valence-corrected chi connectivity index (χ4v) is 4.47. The fraction of sp³-hybridized carbons (Fsp3) is 0. The normalized spacial score (nSPS) is 11.4. The summed E-state index contributed by atoms with van der Waals surface area (Å²) >= 11 is 0. The van der Waals surface area contributed by atoms with Crippen LogP contribution in [0.15, 0.2) is 139 Å². The first-order valence-corrected chi connectivity index (χ1v) is 14.6. The number of carbonyl (C=O) groups is 1. The Morgan fingerprint density at radius 1 is 0.583 bits per heavy atom. The van der Waals surface area contributed by atoms with Crippen LogP contribution >= 0.6 is 0 Å². The molecule has 0 fully saturated rings. The zero-order chi connectivity index (χ0) is 32.8. The van der Waals surface area contributed by atoms with Gasteiger partial charge < -0.3 is 26.5 Å². The minimum atomic E-state index is -4.32. The maximum absolute atomic E-state index is 11.6. The summed E-state index contributed by atoms with van der Waals surface area (Å²) in [6.45, 7) is 0. The van der Waals surface area contributed by atoms with Gasteiger partial charge in [0.2, 0.25) is 0 Å². The zero-order valence-electron chi connectivity index (χ0n) is 25.5. The number of carbonyl (C=O) groups excluding carboxylic acids is 1. The van der Waals surface area contributed by atoms with E-state index in [0.717, 1.165) is 23.3 Å². The van der Waals surface area contributed by atoms with Gasteiger partial charge in [0.1, 0.15) is 11.4 Å². The maximum atomic E-state index is 11.6. The van der Waals surface area contributed by atoms with Gasteiger partial charge in [-0.1, -0.05) is 36.1 Å². The van der Waals surface area contributed by atoms with Crippen LogP contribution in [0.2, 0.25) is 0 Å². The third kappa shape index (κ3) is 9.85. The van der Waals surface area contributed by atoms with Crippen LogP contribution in [0.4, 0.5) is 45.5 Å². The second-order valence-electron chi connectivity index (χ2n) is 9.60. The van der Waals surface area contributed by atoms with Crippen molar-refractivity contribution in [2.45, 2.75) is 4.90 Å². The average Bonchev–Trinajstić information content (AvgIpc) is 3.03. The van der Waals surface area contributed by atoms with E-state index in [4.69, 9.17) is 16.0 Å². The van der Waals surface area contributed by atoms with Crippen LogP contribution in [0.1, 0.15) is 10.4 Å². The van der Waals surface area contributed by atoms with E-state index in [1.165, 1.54) is 42.5 Å². The molecule has 0 radical (unpaired) electrons. The average molecular weight is 681 g/mol. The SMILES string of the molecule is Nc1cc(N)c(N=Nc2ccc(S(=O)(=O)O)cc2)cc1N=Nc1ccc(-c2ccc(N=Nc3ccc([O-])c(C(=O)[O-])c3)cc2)cc1.[Na+].[Na+]. The van der Waals surface area contributed by atoms with Gasteiger partial charge in [-0.2, -0.15) is 28.9 Å². The summed E-state index contributed by atoms with van der Waals surface area (Å²) in [5.74, 6) is -2.24. The summed E-state index contributed by atoms with van der Waals surface area (Å²) in [4.78, 5) is 10.8. The molecule has 0 atom stereocenters. The van der Waals surface area contributed by atoms with E-state index >= 15 is 0 Å². The number of hydrogen-bond acceptors (Lipinski definition) is 13. The molecule has 5 N–H and O–H groups in total. The van der Waals surface area contributed by atoms with Gasteiger partial charge in [-0.25, -0.2) is 0 Å². The smallest absolute Gasteiger partial charge is 0.872 e. The van der Waals surface area contributed by atoms with Crippen LogP contribution in [0.3, 0.4) is 0 Å². The number of carboxylic acids is 1. The molecule has 0 aliphatic carbocycles. The molecule has 17 heteroatoms. The summed E-state index contributed by atoms with van der Waals surface area (Å²) in [7, 11) is -4.32. The minimum Gasteiger partial charge on any atom is -0.872 e. The third-order valence-corrected chi connectivity index (χ3v) is 7.26. The number of anilines is 2. The summed E-state index contributed by atoms with van der Waals surface area (Å²) in [5, 5.41) is 47.3. The first kappa shape index (κ1) is 38.1. The Labute approximate surface area is 318 Å². The molecule has 230 valence electrons. The van der Waals surface area contributed by atoms with Crippen molar-refractivity contribution in [3.63, 3.8) is 0 Å². The Hall–Kier alpha value is -4.32. The number of nitrogen functional groups attached to an aromatic ring is 2. The predicted octanol–water partition coefficient (Wildman–Crippen LogP) is 0.456. The molecular formula is C31H22N8Na2O6S. The number of rotatable bonds is 9. The topological polar surface area (TPSA) is 244 Å². The van der Waals surface area contributed by atoms with E-state index in [1.54, 1.807) is 24.3 Å². The summed E-state index contributed by atoms with van der Waals surface area (Å²) < 4.78 is 31.5. The van der Waals surface area contributed by atoms with Crippen LogP contribution in [-0.4, -0.2) is 18.9 Å². The van der Waals surface area contributed by atoms with Crippen molar-refractivity contribution >= 4 is 61.6 Å². The van der Waals surface area contributed by atoms with Crippen molar-refractivity contribution in [2.24, 2.45) is 30.7 Å². The maximum Gasteiger partial charge on any atom is 1.00 e. The van der Waals surface area contributed by atoms with Gasteiger partial charge in [-0.3, -0.25) is 4.55 Å². The molecule has 0 aliphatic heterocycles. The van der Waals surface area contributed by atoms with Gasteiger partial charge in [0.15, 0.2) is 0 Å². The number of nitrogens with zero attached hydrogens (tertiary/aromatic N) is 6. The van der Waals surface area contributed by atoms with Crippen LogP contribution < -0.4 is 80.8 Å². The van der Waals surface area contributed by atoms with Crippen molar-refractivity contribution in [2.75, 3.05) is 11.5 Å². The van der Waals surface area contributed by atoms with E-state index < -0.39 is 27.4 Å². The zero-order valence-corrected chi connectivity index (χ0v) is 30.4. The molecule has 0 saturated carbocycles. The van der Waals surface area contributed by atoms with Gasteiger partial charge in [0.05, 0.1) is 45.0 Å². The summed E-state index contributed by atoms with van der Waals surface area (Å²) in [6, 6.07) is 26.1. The number of azo groups is 3. The van der Waals surface area contributed by atoms with Crippen molar-refractivity contribution in [1.82, 2.24) is 0 Å². The van der Waals surface area contributed by atoms with Crippen LogP contribution in [0, 0.1) is 0 Å². The van der Waals surface area contributed by atoms with Gasteiger partial charge in [0, 0.05) is 0 Å². The van der Waals surface area contributed by atoms with E-state index in [1.807, 2.05) is 24.3 Å². The number of nitrogens with two attached hydrogens (primary N) is 2. The van der Waals surface area contributed by atoms with E-state index in [2.05, 4.69) is 30.7 Å². The van der Waals surface area contributed by atoms with E-state index in [-0.39, 0.29) is 86.8 Å². The predicted molar refractivity (Wildman–Crippen MR) is 166 cm³/mol. The second-order valence-corrected chi connectivity index (χ2v) is 11.0. The molecule has 0 aromatic heterocycles. The van der Waals surface area contributed by atoms with Crippen LogP contribution in [0.5, 0.6) is 5.75 Å². The van der Waals surface area contributed by atoms with Crippen LogP contribution in [-0.2, 0) is 10.1 Å². The third-order valence-electron chi connectivity index (χ3n) is 6.39. The first-order valence-electron chi connectivity index (χ1n) is 13.2. The minimum absolute atomic E-state index is 0. The molecule has 0 aliphatic rings. The number of benzene rings is 5. The van der Waals surface area contributed by atoms with Crippen molar-refractivity contribution < 1.29 is 87.1 Å². The monoisotopic (exact) mass is 680 g/mol. The quantitative estimate of drug-likeness (QED) is 0.0852. The number of carboxylic acid groups (broad SMARTS) is 1. The Morgan fingerprint density at radius 2 is 0.979 bits per heavy atom. The first-order chi connectivity index (χ1) is 22.0. The fourth-order valence-electron chi connectivity index (χ4n) is 3.99. The Kier molecular flexibility index (Phi) is 13.2. The Bertz CT molecular complexity index is 2130.